The van der Waals surface area contributed by atoms with Crippen LogP contribution >= 0.6 is 23.2 Å². The number of carbonyl (C=O) groups is 2. The van der Waals surface area contributed by atoms with E-state index in [0.717, 1.165) is 6.07 Å². The summed E-state index contributed by atoms with van der Waals surface area (Å²) in [5, 5.41) is 14.7. The number of amides is 1. The molecule has 0 bridgehead atoms. The van der Waals surface area contributed by atoms with Gasteiger partial charge in [0.25, 0.3) is 11.6 Å². The molecule has 1 atom stereocenters. The molecule has 0 unspecified atom stereocenters. The average Bonchev–Trinajstić information content (AvgIpc) is 2.77. The second kappa shape index (κ2) is 10.6. The predicted octanol–water partition coefficient (Wildman–Crippen LogP) is 3.77. The lowest BCUT2D eigenvalue weighted by Gasteiger charge is -2.30. The Bertz CT molecular complexity index is 1030. The van der Waals surface area contributed by atoms with E-state index in [1.165, 1.54) is 12.1 Å². The first kappa shape index (κ1) is 23.8. The quantitative estimate of drug-likeness (QED) is 0.363. The summed E-state index contributed by atoms with van der Waals surface area (Å²) in [5.41, 5.74) is 0.918. The van der Waals surface area contributed by atoms with Gasteiger partial charge in [-0.3, -0.25) is 14.9 Å². The van der Waals surface area contributed by atoms with Crippen molar-refractivity contribution in [3.05, 3.63) is 67.7 Å². The predicted molar refractivity (Wildman–Crippen MR) is 119 cm³/mol. The van der Waals surface area contributed by atoms with Gasteiger partial charge in [-0.2, -0.15) is 0 Å². The molecule has 170 valence electrons. The second-order valence-corrected chi connectivity index (χ2v) is 7.93. The fraction of sp³-hybridized carbons (Fsp3) is 0.333. The molecule has 0 spiro atoms. The lowest BCUT2D eigenvalue weighted by Crippen LogP contribution is -2.37. The maximum absolute atomic E-state index is 12.7. The molecule has 0 saturated carbocycles. The van der Waals surface area contributed by atoms with E-state index in [9.17, 15) is 19.7 Å². The van der Waals surface area contributed by atoms with Crippen LogP contribution in [0, 0.1) is 10.1 Å². The Kier molecular flexibility index (Phi) is 7.89. The zero-order valence-corrected chi connectivity index (χ0v) is 18.7. The number of halogens is 2. The monoisotopic (exact) mass is 481 g/mol. The molecule has 1 aliphatic heterocycles. The third kappa shape index (κ3) is 5.87. The number of carbonyl (C=O) groups excluding carboxylic acids is 2. The highest BCUT2D eigenvalue weighted by atomic mass is 35.5. The fourth-order valence-electron chi connectivity index (χ4n) is 3.30. The van der Waals surface area contributed by atoms with E-state index in [0.29, 0.717) is 47.6 Å². The van der Waals surface area contributed by atoms with Gasteiger partial charge in [-0.25, -0.2) is 4.79 Å². The van der Waals surface area contributed by atoms with Crippen molar-refractivity contribution in [3.63, 3.8) is 0 Å². The van der Waals surface area contributed by atoms with Gasteiger partial charge in [-0.1, -0.05) is 29.3 Å². The standard InChI is InChI=1S/C21H21Cl2N3O6/c1-13(16-4-2-14(22)10-18(16)23)24-20(27)12-32-21(28)17-11-15(26(29)30)3-5-19(17)25-6-8-31-9-7-25/h2-5,10-11,13H,6-9,12H2,1H3,(H,24,27)/t13-/m0/s1. The first-order valence-electron chi connectivity index (χ1n) is 9.79. The molecule has 0 aliphatic carbocycles. The van der Waals surface area contributed by atoms with Crippen molar-refractivity contribution in [2.45, 2.75) is 13.0 Å². The van der Waals surface area contributed by atoms with Crippen molar-refractivity contribution >= 4 is 46.5 Å². The number of esters is 1. The van der Waals surface area contributed by atoms with Gasteiger partial charge < -0.3 is 19.7 Å². The van der Waals surface area contributed by atoms with E-state index in [2.05, 4.69) is 5.32 Å². The van der Waals surface area contributed by atoms with Crippen molar-refractivity contribution in [1.82, 2.24) is 5.32 Å². The first-order valence-corrected chi connectivity index (χ1v) is 10.5. The summed E-state index contributed by atoms with van der Waals surface area (Å²) in [6, 6.07) is 8.45. The van der Waals surface area contributed by atoms with Gasteiger partial charge in [0.1, 0.15) is 0 Å². The van der Waals surface area contributed by atoms with Crippen molar-refractivity contribution in [3.8, 4) is 0 Å². The number of ether oxygens (including phenoxy) is 2. The molecule has 1 heterocycles. The molecule has 1 aliphatic rings. The molecule has 0 aromatic heterocycles. The molecule has 11 heteroatoms. The number of morpholine rings is 1. The lowest BCUT2D eigenvalue weighted by molar-refractivity contribution is -0.384. The average molecular weight is 482 g/mol. The number of benzene rings is 2. The molecule has 1 fully saturated rings. The molecule has 1 saturated heterocycles. The van der Waals surface area contributed by atoms with E-state index in [4.69, 9.17) is 32.7 Å². The number of nitrogens with one attached hydrogen (secondary N) is 1. The van der Waals surface area contributed by atoms with Crippen molar-refractivity contribution in [1.29, 1.82) is 0 Å². The van der Waals surface area contributed by atoms with Gasteiger partial charge >= 0.3 is 5.97 Å². The highest BCUT2D eigenvalue weighted by Crippen LogP contribution is 2.28. The highest BCUT2D eigenvalue weighted by molar-refractivity contribution is 6.35. The number of non-ortho nitro benzene ring substituents is 1. The molecular formula is C21H21Cl2N3O6. The van der Waals surface area contributed by atoms with Crippen LogP contribution in [0.5, 0.6) is 0 Å². The Morgan fingerprint density at radius 2 is 1.94 bits per heavy atom. The fourth-order valence-corrected chi connectivity index (χ4v) is 3.88. The Morgan fingerprint density at radius 1 is 1.22 bits per heavy atom. The SMILES string of the molecule is C[C@H](NC(=O)COC(=O)c1cc([N+](=O)[O-])ccc1N1CCOCC1)c1ccc(Cl)cc1Cl. The Balaban J connectivity index is 1.68. The van der Waals surface area contributed by atoms with Crippen molar-refractivity contribution in [2.75, 3.05) is 37.8 Å². The number of hydrogen-bond acceptors (Lipinski definition) is 7. The van der Waals surface area contributed by atoms with Gasteiger partial charge in [-0.15, -0.1) is 0 Å². The van der Waals surface area contributed by atoms with E-state index in [1.54, 1.807) is 25.1 Å². The zero-order chi connectivity index (χ0) is 23.3. The Morgan fingerprint density at radius 3 is 2.59 bits per heavy atom. The highest BCUT2D eigenvalue weighted by Gasteiger charge is 2.24. The summed E-state index contributed by atoms with van der Waals surface area (Å²) in [6.45, 7) is 3.17. The van der Waals surface area contributed by atoms with Crippen LogP contribution in [0.3, 0.4) is 0 Å². The minimum atomic E-state index is -0.831. The lowest BCUT2D eigenvalue weighted by atomic mass is 10.1. The number of nitrogens with zero attached hydrogens (tertiary/aromatic N) is 2. The molecule has 1 amide bonds. The van der Waals surface area contributed by atoms with E-state index in [-0.39, 0.29) is 11.3 Å². The summed E-state index contributed by atoms with van der Waals surface area (Å²) in [7, 11) is 0. The molecule has 2 aromatic rings. The minimum absolute atomic E-state index is 0.0164. The Labute approximate surface area is 194 Å². The smallest absolute Gasteiger partial charge is 0.341 e. The summed E-state index contributed by atoms with van der Waals surface area (Å²) in [5.74, 6) is -1.38. The van der Waals surface area contributed by atoms with Crippen molar-refractivity contribution < 1.29 is 24.0 Å². The number of nitro benzene ring substituents is 1. The summed E-state index contributed by atoms with van der Waals surface area (Å²) in [4.78, 5) is 37.5. The maximum Gasteiger partial charge on any atom is 0.341 e. The van der Waals surface area contributed by atoms with Crippen LogP contribution in [0.1, 0.15) is 28.9 Å². The normalized spacial score (nSPS) is 14.5. The van der Waals surface area contributed by atoms with Crippen LogP contribution in [0.25, 0.3) is 0 Å². The van der Waals surface area contributed by atoms with Crippen LogP contribution in [0.4, 0.5) is 11.4 Å². The van der Waals surface area contributed by atoms with Crippen LogP contribution in [0.15, 0.2) is 36.4 Å². The number of hydrogen-bond donors (Lipinski definition) is 1. The van der Waals surface area contributed by atoms with E-state index >= 15 is 0 Å². The van der Waals surface area contributed by atoms with Crippen LogP contribution in [-0.4, -0.2) is 49.7 Å². The summed E-state index contributed by atoms with van der Waals surface area (Å²) < 4.78 is 10.5. The minimum Gasteiger partial charge on any atom is -0.452 e. The van der Waals surface area contributed by atoms with Crippen LogP contribution < -0.4 is 10.2 Å². The number of rotatable bonds is 7. The van der Waals surface area contributed by atoms with Crippen molar-refractivity contribution in [2.24, 2.45) is 0 Å². The molecule has 32 heavy (non-hydrogen) atoms. The van der Waals surface area contributed by atoms with E-state index in [1.807, 2.05) is 4.90 Å². The van der Waals surface area contributed by atoms with Gasteiger partial charge in [0.2, 0.25) is 0 Å². The molecule has 1 N–H and O–H groups in total. The van der Waals surface area contributed by atoms with Gasteiger partial charge in [0.15, 0.2) is 6.61 Å². The van der Waals surface area contributed by atoms with Gasteiger partial charge in [0.05, 0.1) is 35.4 Å². The summed E-state index contributed by atoms with van der Waals surface area (Å²) in [6.07, 6.45) is 0. The zero-order valence-electron chi connectivity index (χ0n) is 17.2. The van der Waals surface area contributed by atoms with Crippen LogP contribution in [0.2, 0.25) is 10.0 Å². The number of nitro groups is 1. The van der Waals surface area contributed by atoms with E-state index < -0.39 is 29.4 Å². The largest absolute Gasteiger partial charge is 0.452 e. The molecule has 2 aromatic carbocycles. The molecular weight excluding hydrogens is 461 g/mol. The van der Waals surface area contributed by atoms with Crippen LogP contribution in [-0.2, 0) is 14.3 Å². The molecule has 3 rings (SSSR count). The van der Waals surface area contributed by atoms with Gasteiger partial charge in [-0.05, 0) is 30.7 Å². The second-order valence-electron chi connectivity index (χ2n) is 7.09. The maximum atomic E-state index is 12.7. The Hall–Kier alpha value is -2.88. The topological polar surface area (TPSA) is 111 Å². The third-order valence-electron chi connectivity index (χ3n) is 4.90. The molecule has 0 radical (unpaired) electrons. The molecule has 9 nitrogen and oxygen atoms in total. The first-order chi connectivity index (χ1) is 15.3. The third-order valence-corrected chi connectivity index (χ3v) is 5.47. The number of anilines is 1. The van der Waals surface area contributed by atoms with Gasteiger partial charge in [0, 0.05) is 35.3 Å². The summed E-state index contributed by atoms with van der Waals surface area (Å²) >= 11 is 12.0.